The van der Waals surface area contributed by atoms with Crippen molar-refractivity contribution in [3.63, 3.8) is 0 Å². The molecule has 0 saturated heterocycles. The van der Waals surface area contributed by atoms with Crippen molar-refractivity contribution >= 4 is 28.8 Å². The van der Waals surface area contributed by atoms with Gasteiger partial charge >= 0.3 is 63.0 Å². The van der Waals surface area contributed by atoms with Crippen LogP contribution in [0.1, 0.15) is 23.6 Å². The van der Waals surface area contributed by atoms with Crippen molar-refractivity contribution in [3.05, 3.63) is 0 Å². The van der Waals surface area contributed by atoms with Gasteiger partial charge in [-0.2, -0.15) is 0 Å². The van der Waals surface area contributed by atoms with Gasteiger partial charge in [-0.15, -0.1) is 0 Å². The van der Waals surface area contributed by atoms with Gasteiger partial charge in [-0.3, -0.25) is 13.7 Å². The Morgan fingerprint density at radius 2 is 1.13 bits per heavy atom. The average molecular weight is 410 g/mol. The molecule has 3 atom stereocenters. The van der Waals surface area contributed by atoms with Gasteiger partial charge in [0.05, 0.1) is 19.8 Å². The number of carbonyl (C=O) groups is 1. The molecular formula is C8H22NaO11P3. The monoisotopic (exact) mass is 410 g/mol. The van der Waals surface area contributed by atoms with E-state index in [0.29, 0.717) is 0 Å². The van der Waals surface area contributed by atoms with Crippen LogP contribution in [0.3, 0.4) is 0 Å². The van der Waals surface area contributed by atoms with E-state index < -0.39 is 53.2 Å². The molecule has 0 fully saturated rings. The zero-order valence-electron chi connectivity index (χ0n) is 14.1. The molecule has 4 N–H and O–H groups in total. The molecule has 0 saturated carbocycles. The number of carboxylic acids is 1. The Kier molecular flexibility index (Phi) is 10.9. The number of carboxylic acid groups (broad SMARTS) is 1. The van der Waals surface area contributed by atoms with Crippen LogP contribution >= 0.6 is 22.8 Å². The maximum atomic E-state index is 12.2. The fourth-order valence-corrected chi connectivity index (χ4v) is 8.82. The van der Waals surface area contributed by atoms with Crippen molar-refractivity contribution in [1.82, 2.24) is 0 Å². The third-order valence-corrected chi connectivity index (χ3v) is 11.7. The molecule has 136 valence electrons. The van der Waals surface area contributed by atoms with Gasteiger partial charge in [0, 0.05) is 1.43 Å². The fraction of sp³-hybridized carbons (Fsp3) is 0.875. The molecule has 0 aliphatic rings. The number of hydrogen-bond donors (Lipinski definition) is 4. The molecule has 0 heterocycles. The molecule has 0 aliphatic carbocycles. The molecule has 0 amide bonds. The maximum absolute atomic E-state index is 12.2. The van der Waals surface area contributed by atoms with Crippen molar-refractivity contribution < 1.29 is 84.3 Å². The summed E-state index contributed by atoms with van der Waals surface area (Å²) in [6.07, 6.45) is 0. The Hall–Kier alpha value is 0.920. The van der Waals surface area contributed by atoms with E-state index in [1.807, 2.05) is 0 Å². The van der Waals surface area contributed by atoms with Crippen molar-refractivity contribution in [2.45, 2.75) is 25.4 Å². The van der Waals surface area contributed by atoms with Crippen molar-refractivity contribution in [3.8, 4) is 0 Å². The summed E-state index contributed by atoms with van der Waals surface area (Å²) in [5, 5.41) is 9.27. The summed E-state index contributed by atoms with van der Waals surface area (Å²) < 4.78 is 45.7. The second kappa shape index (κ2) is 9.57. The van der Waals surface area contributed by atoms with Gasteiger partial charge in [0.2, 0.25) is 0 Å². The molecular weight excluding hydrogens is 388 g/mol. The van der Waals surface area contributed by atoms with Gasteiger partial charge in [0.25, 0.3) is 0 Å². The Balaban J connectivity index is -0.000000735. The molecule has 0 aromatic carbocycles. The summed E-state index contributed by atoms with van der Waals surface area (Å²) in [4.78, 5) is 41.1. The number of aliphatic carboxylic acids is 1. The van der Waals surface area contributed by atoms with Gasteiger partial charge in [0.1, 0.15) is 0 Å². The van der Waals surface area contributed by atoms with Crippen LogP contribution in [0.4, 0.5) is 0 Å². The first-order chi connectivity index (χ1) is 9.88. The molecule has 0 bridgehead atoms. The van der Waals surface area contributed by atoms with Gasteiger partial charge < -0.3 is 34.8 Å². The maximum Gasteiger partial charge on any atom is 1.00 e. The first kappa shape index (κ1) is 26.2. The molecule has 0 aromatic heterocycles. The Bertz CT molecular complexity index is 495. The van der Waals surface area contributed by atoms with E-state index in [-0.39, 0.29) is 32.4 Å². The first-order valence-corrected chi connectivity index (χ1v) is 10.8. The van der Waals surface area contributed by atoms with E-state index in [9.17, 15) is 38.3 Å². The smallest absolute Gasteiger partial charge is 1.00 e. The predicted octanol–water partition coefficient (Wildman–Crippen LogP) is -1.25. The van der Waals surface area contributed by atoms with E-state index in [1.165, 1.54) is 20.8 Å². The van der Waals surface area contributed by atoms with Crippen molar-refractivity contribution in [2.75, 3.05) is 19.8 Å². The Morgan fingerprint density at radius 1 is 0.913 bits per heavy atom. The first-order valence-electron chi connectivity index (χ1n) is 6.03. The van der Waals surface area contributed by atoms with Gasteiger partial charge in [0.15, 0.2) is 0 Å². The third-order valence-electron chi connectivity index (χ3n) is 2.38. The van der Waals surface area contributed by atoms with Gasteiger partial charge in [-0.1, -0.05) is 0 Å². The van der Waals surface area contributed by atoms with Crippen LogP contribution < -0.4 is 29.6 Å². The molecule has 0 aromatic rings. The largest absolute Gasteiger partial charge is 1.00 e. The topological polar surface area (TPSA) is 177 Å². The van der Waals surface area contributed by atoms with Crippen LogP contribution in [0, 0.1) is 0 Å². The minimum atomic E-state index is -5.67. The van der Waals surface area contributed by atoms with Crippen LogP contribution in [0.15, 0.2) is 0 Å². The summed E-state index contributed by atoms with van der Waals surface area (Å²) in [5.74, 6) is -2.52. The van der Waals surface area contributed by atoms with Crippen LogP contribution in [0.5, 0.6) is 0 Å². The summed E-state index contributed by atoms with van der Waals surface area (Å²) in [5.41, 5.74) is 0. The molecule has 11 nitrogen and oxygen atoms in total. The Morgan fingerprint density at radius 3 is 1.26 bits per heavy atom. The molecule has 0 rings (SSSR count). The second-order valence-electron chi connectivity index (χ2n) is 3.76. The fourth-order valence-electron chi connectivity index (χ4n) is 1.64. The summed E-state index contributed by atoms with van der Waals surface area (Å²) in [6, 6.07) is 0. The summed E-state index contributed by atoms with van der Waals surface area (Å²) >= 11 is 0. The average Bonchev–Trinajstić information content (AvgIpc) is 2.26. The van der Waals surface area contributed by atoms with Gasteiger partial charge in [-0.05, 0) is 20.8 Å². The quantitative estimate of drug-likeness (QED) is 0.250. The van der Waals surface area contributed by atoms with Crippen LogP contribution in [-0.4, -0.2) is 50.2 Å². The van der Waals surface area contributed by atoms with E-state index in [1.54, 1.807) is 0 Å². The molecule has 0 spiro atoms. The van der Waals surface area contributed by atoms with Crippen LogP contribution in [0.25, 0.3) is 0 Å². The minimum absolute atomic E-state index is 0. The van der Waals surface area contributed by atoms with E-state index >= 15 is 0 Å². The Labute approximate surface area is 158 Å². The standard InChI is InChI=1S/C8H19O11P3.Na.H2.H/c1-4-17-20(11,12)8(7(9)10,21(13,14)18-5-2)22(15,16)19-6-3;;;/h4-6H2,1-3H3,(H,9,10)(H,11,12)(H,13,14)(H,15,16);;1H;/q;+1;;-1. The second-order valence-corrected chi connectivity index (χ2v) is 10.7. The zero-order chi connectivity index (χ0) is 17.8. The van der Waals surface area contributed by atoms with Crippen LogP contribution in [-0.2, 0) is 32.1 Å². The molecule has 3 unspecified atom stereocenters. The number of hydrogen-bond acceptors (Lipinski definition) is 7. The van der Waals surface area contributed by atoms with Crippen molar-refractivity contribution in [1.29, 1.82) is 0 Å². The molecule has 0 radical (unpaired) electrons. The van der Waals surface area contributed by atoms with E-state index in [2.05, 4.69) is 13.6 Å². The minimum Gasteiger partial charge on any atom is -1.00 e. The van der Waals surface area contributed by atoms with E-state index in [4.69, 9.17) is 0 Å². The summed E-state index contributed by atoms with van der Waals surface area (Å²) in [6.45, 7) is 1.84. The van der Waals surface area contributed by atoms with Crippen molar-refractivity contribution in [2.24, 2.45) is 0 Å². The molecule has 0 aliphatic heterocycles. The van der Waals surface area contributed by atoms with Gasteiger partial charge in [-0.25, -0.2) is 4.79 Å². The predicted molar refractivity (Wildman–Crippen MR) is 77.9 cm³/mol. The van der Waals surface area contributed by atoms with E-state index in [0.717, 1.165) is 0 Å². The molecule has 15 heteroatoms. The summed E-state index contributed by atoms with van der Waals surface area (Å²) in [7, 11) is -17.0. The molecule has 23 heavy (non-hydrogen) atoms. The SMILES string of the molecule is CCOP(=O)(O)C(C(=O)O)(P(=O)(O)OCC)P(=O)(O)OCC.[H-].[HH].[Na+]. The normalized spacial score (nSPS) is 21.8. The van der Waals surface area contributed by atoms with Crippen LogP contribution in [0.2, 0.25) is 0 Å². The third kappa shape index (κ3) is 4.76. The number of rotatable bonds is 10. The zero-order valence-corrected chi connectivity index (χ0v) is 17.8.